The summed E-state index contributed by atoms with van der Waals surface area (Å²) < 4.78 is 0. The van der Waals surface area contributed by atoms with Crippen LogP contribution in [0.5, 0.6) is 0 Å². The normalized spacial score (nSPS) is 10.3. The van der Waals surface area contributed by atoms with E-state index in [0.29, 0.717) is 16.9 Å². The summed E-state index contributed by atoms with van der Waals surface area (Å²) in [6, 6.07) is 24.2. The molecule has 0 saturated heterocycles. The maximum atomic E-state index is 12.5. The van der Waals surface area contributed by atoms with Crippen molar-refractivity contribution in [2.75, 3.05) is 11.1 Å². The largest absolute Gasteiger partial charge is 0.322 e. The van der Waals surface area contributed by atoms with Crippen molar-refractivity contribution in [3.8, 4) is 0 Å². The van der Waals surface area contributed by atoms with Gasteiger partial charge in [0.1, 0.15) is 0 Å². The van der Waals surface area contributed by atoms with E-state index in [2.05, 4.69) is 5.32 Å². The second kappa shape index (κ2) is 8.50. The molecule has 0 bridgehead atoms. The van der Waals surface area contributed by atoms with Gasteiger partial charge in [-0.2, -0.15) is 0 Å². The SMILES string of the molecule is Cc1ccccc1NC(=O)c1cccc(SCC(=O)c2ccccc2)c1. The van der Waals surface area contributed by atoms with Gasteiger partial charge in [-0.15, -0.1) is 11.8 Å². The Kier molecular flexibility index (Phi) is 5.87. The molecule has 0 atom stereocenters. The Bertz CT molecular complexity index is 922. The highest BCUT2D eigenvalue weighted by atomic mass is 32.2. The number of carbonyl (C=O) groups is 2. The average Bonchev–Trinajstić information content (AvgIpc) is 2.69. The number of thioether (sulfide) groups is 1. The fraction of sp³-hybridized carbons (Fsp3) is 0.0909. The number of carbonyl (C=O) groups excluding carboxylic acids is 2. The predicted octanol–water partition coefficient (Wildman–Crippen LogP) is 5.22. The number of anilines is 1. The van der Waals surface area contributed by atoms with Crippen LogP contribution < -0.4 is 5.32 Å². The maximum Gasteiger partial charge on any atom is 0.255 e. The third-order valence-corrected chi connectivity index (χ3v) is 4.95. The van der Waals surface area contributed by atoms with Gasteiger partial charge in [-0.1, -0.05) is 54.6 Å². The molecule has 26 heavy (non-hydrogen) atoms. The Morgan fingerprint density at radius 1 is 0.846 bits per heavy atom. The Morgan fingerprint density at radius 2 is 1.54 bits per heavy atom. The van der Waals surface area contributed by atoms with Crippen molar-refractivity contribution in [3.05, 3.63) is 95.6 Å². The molecule has 0 fully saturated rings. The number of aryl methyl sites for hydroxylation is 1. The van der Waals surface area contributed by atoms with Crippen LogP contribution in [0, 0.1) is 6.92 Å². The van der Waals surface area contributed by atoms with Crippen LogP contribution in [0.4, 0.5) is 5.69 Å². The molecule has 0 spiro atoms. The van der Waals surface area contributed by atoms with Gasteiger partial charge in [0.2, 0.25) is 0 Å². The third kappa shape index (κ3) is 4.61. The van der Waals surface area contributed by atoms with Gasteiger partial charge in [-0.25, -0.2) is 0 Å². The van der Waals surface area contributed by atoms with Crippen LogP contribution in [0.1, 0.15) is 26.3 Å². The molecule has 3 aromatic rings. The zero-order chi connectivity index (χ0) is 18.4. The molecule has 0 aliphatic carbocycles. The lowest BCUT2D eigenvalue weighted by molar-refractivity contribution is 0.101. The van der Waals surface area contributed by atoms with Gasteiger partial charge in [-0.05, 0) is 36.8 Å². The lowest BCUT2D eigenvalue weighted by atomic mass is 10.1. The minimum absolute atomic E-state index is 0.0744. The van der Waals surface area contributed by atoms with Crippen molar-refractivity contribution in [3.63, 3.8) is 0 Å². The molecule has 3 rings (SSSR count). The Morgan fingerprint density at radius 3 is 2.31 bits per heavy atom. The molecule has 0 unspecified atom stereocenters. The number of benzene rings is 3. The van der Waals surface area contributed by atoms with Crippen LogP contribution in [0.25, 0.3) is 0 Å². The van der Waals surface area contributed by atoms with E-state index in [1.165, 1.54) is 11.8 Å². The number of rotatable bonds is 6. The highest BCUT2D eigenvalue weighted by molar-refractivity contribution is 8.00. The van der Waals surface area contributed by atoms with Crippen molar-refractivity contribution in [1.82, 2.24) is 0 Å². The molecule has 0 aliphatic heterocycles. The molecule has 4 heteroatoms. The van der Waals surface area contributed by atoms with Gasteiger partial charge < -0.3 is 5.32 Å². The summed E-state index contributed by atoms with van der Waals surface area (Å²) in [5.41, 5.74) is 3.09. The van der Waals surface area contributed by atoms with E-state index in [1.54, 1.807) is 6.07 Å². The minimum atomic E-state index is -0.156. The van der Waals surface area contributed by atoms with E-state index in [1.807, 2.05) is 79.7 Å². The van der Waals surface area contributed by atoms with E-state index in [0.717, 1.165) is 16.1 Å². The number of nitrogens with one attached hydrogen (secondary N) is 1. The standard InChI is InChI=1S/C22H19NO2S/c1-16-8-5-6-13-20(16)23-22(25)18-11-7-12-19(14-18)26-15-21(24)17-9-3-2-4-10-17/h2-14H,15H2,1H3,(H,23,25). The molecule has 0 saturated carbocycles. The van der Waals surface area contributed by atoms with E-state index in [9.17, 15) is 9.59 Å². The van der Waals surface area contributed by atoms with Crippen LogP contribution in [0.2, 0.25) is 0 Å². The van der Waals surface area contributed by atoms with Gasteiger partial charge in [0, 0.05) is 21.7 Å². The summed E-state index contributed by atoms with van der Waals surface area (Å²) >= 11 is 1.43. The Hall–Kier alpha value is -2.85. The third-order valence-electron chi connectivity index (χ3n) is 3.96. The highest BCUT2D eigenvalue weighted by Gasteiger charge is 2.10. The first-order valence-electron chi connectivity index (χ1n) is 8.31. The smallest absolute Gasteiger partial charge is 0.255 e. The first kappa shape index (κ1) is 18.0. The van der Waals surface area contributed by atoms with Crippen LogP contribution in [0.3, 0.4) is 0 Å². The fourth-order valence-corrected chi connectivity index (χ4v) is 3.34. The minimum Gasteiger partial charge on any atom is -0.322 e. The molecule has 1 amide bonds. The van der Waals surface area contributed by atoms with E-state index < -0.39 is 0 Å². The summed E-state index contributed by atoms with van der Waals surface area (Å²) in [7, 11) is 0. The second-order valence-corrected chi connectivity index (χ2v) is 6.92. The number of Topliss-reactive ketones (excluding diaryl/α,β-unsaturated/α-hetero) is 1. The summed E-state index contributed by atoms with van der Waals surface area (Å²) in [4.78, 5) is 25.6. The van der Waals surface area contributed by atoms with Crippen LogP contribution >= 0.6 is 11.8 Å². The van der Waals surface area contributed by atoms with Gasteiger partial charge in [-0.3, -0.25) is 9.59 Å². The number of amides is 1. The summed E-state index contributed by atoms with van der Waals surface area (Å²) in [5.74, 6) is 0.258. The van der Waals surface area contributed by atoms with Crippen LogP contribution in [0.15, 0.2) is 83.8 Å². The first-order valence-corrected chi connectivity index (χ1v) is 9.30. The number of hydrogen-bond acceptors (Lipinski definition) is 3. The van der Waals surface area contributed by atoms with Crippen LogP contribution in [-0.4, -0.2) is 17.4 Å². The molecule has 1 N–H and O–H groups in total. The molecular formula is C22H19NO2S. The topological polar surface area (TPSA) is 46.2 Å². The van der Waals surface area contributed by atoms with Gasteiger partial charge in [0.15, 0.2) is 5.78 Å². The summed E-state index contributed by atoms with van der Waals surface area (Å²) in [5, 5.41) is 2.93. The van der Waals surface area contributed by atoms with Gasteiger partial charge >= 0.3 is 0 Å². The molecule has 0 radical (unpaired) electrons. The van der Waals surface area contributed by atoms with Crippen molar-refractivity contribution < 1.29 is 9.59 Å². The van der Waals surface area contributed by atoms with Gasteiger partial charge in [0.05, 0.1) is 5.75 Å². The van der Waals surface area contributed by atoms with E-state index >= 15 is 0 Å². The molecular weight excluding hydrogens is 342 g/mol. The molecule has 3 nitrogen and oxygen atoms in total. The molecule has 3 aromatic carbocycles. The number of ketones is 1. The maximum absolute atomic E-state index is 12.5. The average molecular weight is 361 g/mol. The number of hydrogen-bond donors (Lipinski definition) is 1. The van der Waals surface area contributed by atoms with Crippen molar-refractivity contribution in [2.45, 2.75) is 11.8 Å². The zero-order valence-electron chi connectivity index (χ0n) is 14.4. The lowest BCUT2D eigenvalue weighted by Crippen LogP contribution is -2.12. The second-order valence-electron chi connectivity index (χ2n) is 5.87. The monoisotopic (exact) mass is 361 g/mol. The summed E-state index contributed by atoms with van der Waals surface area (Å²) in [6.45, 7) is 1.96. The van der Waals surface area contributed by atoms with E-state index in [-0.39, 0.29) is 11.7 Å². The molecule has 0 aliphatic rings. The molecule has 0 aromatic heterocycles. The quantitative estimate of drug-likeness (QED) is 0.483. The van der Waals surface area contributed by atoms with Crippen molar-refractivity contribution >= 4 is 29.1 Å². The summed E-state index contributed by atoms with van der Waals surface area (Å²) in [6.07, 6.45) is 0. The highest BCUT2D eigenvalue weighted by Crippen LogP contribution is 2.22. The molecule has 130 valence electrons. The Balaban J connectivity index is 1.65. The fourth-order valence-electron chi connectivity index (χ4n) is 2.49. The van der Waals surface area contributed by atoms with Crippen LogP contribution in [-0.2, 0) is 0 Å². The van der Waals surface area contributed by atoms with Gasteiger partial charge in [0.25, 0.3) is 5.91 Å². The number of para-hydroxylation sites is 1. The zero-order valence-corrected chi connectivity index (χ0v) is 15.3. The van der Waals surface area contributed by atoms with Crippen molar-refractivity contribution in [1.29, 1.82) is 0 Å². The van der Waals surface area contributed by atoms with Crippen molar-refractivity contribution in [2.24, 2.45) is 0 Å². The predicted molar refractivity (Wildman–Crippen MR) is 107 cm³/mol. The molecule has 0 heterocycles. The Labute approximate surface area is 157 Å². The first-order chi connectivity index (χ1) is 12.6. The lowest BCUT2D eigenvalue weighted by Gasteiger charge is -2.09. The van der Waals surface area contributed by atoms with E-state index in [4.69, 9.17) is 0 Å².